The van der Waals surface area contributed by atoms with Gasteiger partial charge in [-0.3, -0.25) is 5.73 Å². The Bertz CT molecular complexity index is 660. The predicted molar refractivity (Wildman–Crippen MR) is 93.0 cm³/mol. The summed E-state index contributed by atoms with van der Waals surface area (Å²) in [6, 6.07) is 10.6. The third-order valence-electron chi connectivity index (χ3n) is 3.63. The van der Waals surface area contributed by atoms with Crippen molar-refractivity contribution in [3.63, 3.8) is 0 Å². The van der Waals surface area contributed by atoms with Crippen molar-refractivity contribution in [1.82, 2.24) is 5.32 Å². The Morgan fingerprint density at radius 1 is 1.29 bits per heavy atom. The molecule has 2 aromatic carbocycles. The van der Waals surface area contributed by atoms with Crippen LogP contribution in [-0.4, -0.2) is 43.6 Å². The quantitative estimate of drug-likeness (QED) is 0.588. The second-order valence-electron chi connectivity index (χ2n) is 5.40. The Labute approximate surface area is 141 Å². The molecule has 1 heterocycles. The molecular weight excluding hydrogens is 308 g/mol. The highest BCUT2D eigenvalue weighted by atomic mass is 16.6. The van der Waals surface area contributed by atoms with E-state index in [9.17, 15) is 9.90 Å². The summed E-state index contributed by atoms with van der Waals surface area (Å²) in [5, 5.41) is 14.7. The monoisotopic (exact) mass is 332 g/mol. The summed E-state index contributed by atoms with van der Waals surface area (Å²) >= 11 is 0. The Morgan fingerprint density at radius 3 is 2.58 bits per heavy atom. The smallest absolute Gasteiger partial charge is 0.343 e. The van der Waals surface area contributed by atoms with E-state index in [1.807, 2.05) is 19.1 Å². The van der Waals surface area contributed by atoms with Gasteiger partial charge in [-0.25, -0.2) is 4.79 Å². The molecule has 4 N–H and O–H groups in total. The number of benzene rings is 2. The molecule has 0 aromatic heterocycles. The number of rotatable bonds is 3. The van der Waals surface area contributed by atoms with Crippen molar-refractivity contribution < 1.29 is 19.4 Å². The van der Waals surface area contributed by atoms with Crippen LogP contribution in [0.2, 0.25) is 0 Å². The van der Waals surface area contributed by atoms with Crippen molar-refractivity contribution in [2.24, 2.45) is 5.73 Å². The number of aromatic hydroxyl groups is 1. The van der Waals surface area contributed by atoms with Crippen molar-refractivity contribution in [2.75, 3.05) is 26.3 Å². The number of morpholine rings is 1. The van der Waals surface area contributed by atoms with Crippen LogP contribution >= 0.6 is 0 Å². The summed E-state index contributed by atoms with van der Waals surface area (Å²) in [6.45, 7) is 5.65. The lowest BCUT2D eigenvalue weighted by Crippen LogP contribution is -2.30. The third-order valence-corrected chi connectivity index (χ3v) is 3.63. The fraction of sp³-hybridized carbons (Fsp3) is 0.389. The van der Waals surface area contributed by atoms with Gasteiger partial charge in [0.05, 0.1) is 13.2 Å². The molecule has 0 spiro atoms. The minimum atomic E-state index is -0.650. The minimum absolute atomic E-state index is 0.0681. The zero-order chi connectivity index (χ0) is 17.4. The standard InChI is InChI=1S/C14H15NO3.C4H9NO/c1-2-12(15)18-14(17)11-8-7-9-5-3-4-6-10(9)13(11)16;1-3-6-4-2-5-1/h3-8,12,16H,2,15H2,1H3;5H,1-4H2. The van der Waals surface area contributed by atoms with Crippen molar-refractivity contribution >= 4 is 16.7 Å². The molecule has 0 aliphatic carbocycles. The average molecular weight is 332 g/mol. The van der Waals surface area contributed by atoms with E-state index < -0.39 is 12.2 Å². The van der Waals surface area contributed by atoms with Crippen molar-refractivity contribution in [3.05, 3.63) is 42.0 Å². The molecule has 1 fully saturated rings. The van der Waals surface area contributed by atoms with E-state index in [-0.39, 0.29) is 11.3 Å². The Kier molecular flexibility index (Phi) is 6.99. The molecule has 0 bridgehead atoms. The zero-order valence-corrected chi connectivity index (χ0v) is 13.8. The van der Waals surface area contributed by atoms with Crippen molar-refractivity contribution in [3.8, 4) is 5.75 Å². The summed E-state index contributed by atoms with van der Waals surface area (Å²) in [6.07, 6.45) is -0.122. The number of phenolic OH excluding ortho intramolecular Hbond substituents is 1. The molecule has 0 amide bonds. The SMILES string of the molecule is C1COCCN1.CCC(N)OC(=O)c1ccc2ccccc2c1O. The van der Waals surface area contributed by atoms with E-state index >= 15 is 0 Å². The van der Waals surface area contributed by atoms with Crippen LogP contribution in [0.1, 0.15) is 23.7 Å². The van der Waals surface area contributed by atoms with E-state index in [2.05, 4.69) is 5.32 Å². The number of fused-ring (bicyclic) bond motifs is 1. The first-order chi connectivity index (χ1) is 11.6. The first kappa shape index (κ1) is 18.2. The maximum Gasteiger partial charge on any atom is 0.343 e. The number of phenols is 1. The van der Waals surface area contributed by atoms with Gasteiger partial charge in [-0.1, -0.05) is 37.3 Å². The van der Waals surface area contributed by atoms with Crippen LogP contribution in [0.4, 0.5) is 0 Å². The zero-order valence-electron chi connectivity index (χ0n) is 13.8. The van der Waals surface area contributed by atoms with E-state index in [0.29, 0.717) is 11.8 Å². The van der Waals surface area contributed by atoms with Gasteiger partial charge in [-0.05, 0) is 17.9 Å². The third kappa shape index (κ3) is 4.92. The Hall–Kier alpha value is -2.15. The van der Waals surface area contributed by atoms with Crippen LogP contribution in [0.5, 0.6) is 5.75 Å². The number of carbonyl (C=O) groups excluding carboxylic acids is 1. The van der Waals surface area contributed by atoms with Crippen LogP contribution in [0.25, 0.3) is 10.8 Å². The van der Waals surface area contributed by atoms with Gasteiger partial charge in [0.1, 0.15) is 11.3 Å². The molecular formula is C18H24N2O4. The van der Waals surface area contributed by atoms with Gasteiger partial charge in [0.2, 0.25) is 0 Å². The van der Waals surface area contributed by atoms with E-state index in [4.69, 9.17) is 15.2 Å². The van der Waals surface area contributed by atoms with Gasteiger partial charge in [0.15, 0.2) is 6.23 Å². The number of nitrogens with one attached hydrogen (secondary N) is 1. The molecule has 1 unspecified atom stereocenters. The molecule has 3 rings (SSSR count). The summed E-state index contributed by atoms with van der Waals surface area (Å²) in [4.78, 5) is 11.8. The minimum Gasteiger partial charge on any atom is -0.506 e. The second kappa shape index (κ2) is 9.22. The molecule has 0 radical (unpaired) electrons. The van der Waals surface area contributed by atoms with Crippen LogP contribution in [-0.2, 0) is 9.47 Å². The maximum atomic E-state index is 11.8. The van der Waals surface area contributed by atoms with Gasteiger partial charge in [0, 0.05) is 18.5 Å². The van der Waals surface area contributed by atoms with Gasteiger partial charge in [-0.15, -0.1) is 0 Å². The van der Waals surface area contributed by atoms with Gasteiger partial charge >= 0.3 is 5.97 Å². The molecule has 1 atom stereocenters. The molecule has 1 aliphatic heterocycles. The van der Waals surface area contributed by atoms with Gasteiger partial charge in [0.25, 0.3) is 0 Å². The number of carbonyl (C=O) groups is 1. The second-order valence-corrected chi connectivity index (χ2v) is 5.40. The summed E-state index contributed by atoms with van der Waals surface area (Å²) in [7, 11) is 0. The summed E-state index contributed by atoms with van der Waals surface area (Å²) in [5.74, 6) is -0.672. The topological polar surface area (TPSA) is 93.8 Å². The number of hydrogen-bond donors (Lipinski definition) is 3. The molecule has 130 valence electrons. The largest absolute Gasteiger partial charge is 0.506 e. The van der Waals surface area contributed by atoms with Crippen molar-refractivity contribution in [1.29, 1.82) is 0 Å². The lowest BCUT2D eigenvalue weighted by molar-refractivity contribution is 0.0305. The normalized spacial score (nSPS) is 15.2. The number of esters is 1. The first-order valence-electron chi connectivity index (χ1n) is 8.09. The Morgan fingerprint density at radius 2 is 2.00 bits per heavy atom. The molecule has 1 saturated heterocycles. The molecule has 2 aromatic rings. The lowest BCUT2D eigenvalue weighted by atomic mass is 10.1. The number of hydrogen-bond acceptors (Lipinski definition) is 6. The Balaban J connectivity index is 0.000000292. The highest BCUT2D eigenvalue weighted by Gasteiger charge is 2.16. The lowest BCUT2D eigenvalue weighted by Gasteiger charge is -2.12. The van der Waals surface area contributed by atoms with Crippen LogP contribution in [0.15, 0.2) is 36.4 Å². The van der Waals surface area contributed by atoms with Gasteiger partial charge < -0.3 is 19.9 Å². The molecule has 1 aliphatic rings. The van der Waals surface area contributed by atoms with E-state index in [1.54, 1.807) is 24.3 Å². The van der Waals surface area contributed by atoms with Crippen molar-refractivity contribution in [2.45, 2.75) is 19.6 Å². The van der Waals surface area contributed by atoms with Crippen LogP contribution < -0.4 is 11.1 Å². The van der Waals surface area contributed by atoms with Crippen LogP contribution in [0, 0.1) is 0 Å². The first-order valence-corrected chi connectivity index (χ1v) is 8.09. The van der Waals surface area contributed by atoms with Gasteiger partial charge in [-0.2, -0.15) is 0 Å². The fourth-order valence-corrected chi connectivity index (χ4v) is 2.22. The highest BCUT2D eigenvalue weighted by Crippen LogP contribution is 2.29. The number of ether oxygens (including phenoxy) is 2. The number of nitrogens with two attached hydrogens (primary N) is 1. The molecule has 6 nitrogen and oxygen atoms in total. The summed E-state index contributed by atoms with van der Waals surface area (Å²) in [5.41, 5.74) is 5.69. The predicted octanol–water partition coefficient (Wildman–Crippen LogP) is 2.00. The average Bonchev–Trinajstić information content (AvgIpc) is 2.64. The highest BCUT2D eigenvalue weighted by molar-refractivity contribution is 6.01. The van der Waals surface area contributed by atoms with E-state index in [0.717, 1.165) is 31.7 Å². The molecule has 24 heavy (non-hydrogen) atoms. The van der Waals surface area contributed by atoms with E-state index in [1.165, 1.54) is 0 Å². The maximum absolute atomic E-state index is 11.8. The molecule has 0 saturated carbocycles. The fourth-order valence-electron chi connectivity index (χ4n) is 2.22. The van der Waals surface area contributed by atoms with Crippen LogP contribution in [0.3, 0.4) is 0 Å². The summed E-state index contributed by atoms with van der Waals surface area (Å²) < 4.78 is 10.0. The molecule has 6 heteroatoms.